The molecule has 1 atom stereocenters. The molecule has 2 aromatic rings. The van der Waals surface area contributed by atoms with E-state index >= 15 is 0 Å². The first-order valence-corrected chi connectivity index (χ1v) is 8.87. The summed E-state index contributed by atoms with van der Waals surface area (Å²) in [4.78, 5) is 15.0. The number of rotatable bonds is 5. The van der Waals surface area contributed by atoms with Crippen LogP contribution >= 0.6 is 11.6 Å². The molecule has 3 rings (SSSR count). The smallest absolute Gasteiger partial charge is 0.251 e. The summed E-state index contributed by atoms with van der Waals surface area (Å²) in [6.07, 6.45) is 2.40. The number of nitrogens with one attached hydrogen (secondary N) is 1. The summed E-state index contributed by atoms with van der Waals surface area (Å²) in [5, 5.41) is 3.87. The first-order valence-electron chi connectivity index (χ1n) is 8.49. The summed E-state index contributed by atoms with van der Waals surface area (Å²) in [5.41, 5.74) is 2.81. The Bertz CT molecular complexity index is 710. The predicted molar refractivity (Wildman–Crippen MR) is 98.5 cm³/mol. The molecule has 0 aliphatic carbocycles. The van der Waals surface area contributed by atoms with Gasteiger partial charge in [-0.1, -0.05) is 48.0 Å². The van der Waals surface area contributed by atoms with Gasteiger partial charge < -0.3 is 5.32 Å². The van der Waals surface area contributed by atoms with Gasteiger partial charge in [-0.05, 0) is 56.1 Å². The van der Waals surface area contributed by atoms with E-state index in [2.05, 4.69) is 16.3 Å². The van der Waals surface area contributed by atoms with Crippen molar-refractivity contribution < 1.29 is 4.79 Å². The second kappa shape index (κ2) is 7.82. The van der Waals surface area contributed by atoms with Gasteiger partial charge in [-0.2, -0.15) is 0 Å². The van der Waals surface area contributed by atoms with Crippen LogP contribution in [-0.2, 0) is 0 Å². The van der Waals surface area contributed by atoms with Gasteiger partial charge in [0.15, 0.2) is 0 Å². The minimum absolute atomic E-state index is 0.0237. The standard InChI is InChI=1S/C20H23ClN2O/c1-15-8-2-3-9-16(15)20(24)22-14-19(23-12-6-7-13-23)17-10-4-5-11-18(17)21/h2-5,8-11,19H,6-7,12-14H2,1H3,(H,22,24)/t19-/m0/s1. The molecule has 1 fully saturated rings. The Morgan fingerprint density at radius 1 is 1.12 bits per heavy atom. The number of hydrogen-bond acceptors (Lipinski definition) is 2. The fourth-order valence-corrected chi connectivity index (χ4v) is 3.61. The average Bonchev–Trinajstić information content (AvgIpc) is 3.11. The fourth-order valence-electron chi connectivity index (χ4n) is 3.35. The van der Waals surface area contributed by atoms with E-state index in [9.17, 15) is 4.79 Å². The van der Waals surface area contributed by atoms with Gasteiger partial charge in [0.1, 0.15) is 0 Å². The third-order valence-electron chi connectivity index (χ3n) is 4.69. The number of hydrogen-bond donors (Lipinski definition) is 1. The Morgan fingerprint density at radius 2 is 1.79 bits per heavy atom. The first-order chi connectivity index (χ1) is 11.7. The fraction of sp³-hybridized carbons (Fsp3) is 0.350. The molecule has 1 amide bonds. The van der Waals surface area contributed by atoms with E-state index in [1.165, 1.54) is 12.8 Å². The van der Waals surface area contributed by atoms with E-state index in [4.69, 9.17) is 11.6 Å². The van der Waals surface area contributed by atoms with Crippen LogP contribution in [0.15, 0.2) is 48.5 Å². The lowest BCUT2D eigenvalue weighted by Gasteiger charge is -2.29. The zero-order valence-corrected chi connectivity index (χ0v) is 14.7. The van der Waals surface area contributed by atoms with Crippen LogP contribution in [0.1, 0.15) is 40.4 Å². The molecule has 0 bridgehead atoms. The van der Waals surface area contributed by atoms with Crippen molar-refractivity contribution in [2.75, 3.05) is 19.6 Å². The number of nitrogens with zero attached hydrogens (tertiary/aromatic N) is 1. The van der Waals surface area contributed by atoms with Crippen molar-refractivity contribution in [2.24, 2.45) is 0 Å². The Morgan fingerprint density at radius 3 is 2.50 bits per heavy atom. The third kappa shape index (κ3) is 3.80. The van der Waals surface area contributed by atoms with Crippen molar-refractivity contribution in [3.8, 4) is 0 Å². The van der Waals surface area contributed by atoms with Gasteiger partial charge in [-0.15, -0.1) is 0 Å². The van der Waals surface area contributed by atoms with E-state index in [-0.39, 0.29) is 11.9 Å². The molecular weight excluding hydrogens is 320 g/mol. The highest BCUT2D eigenvalue weighted by Crippen LogP contribution is 2.29. The summed E-state index contributed by atoms with van der Waals surface area (Å²) < 4.78 is 0. The molecule has 2 aromatic carbocycles. The second-order valence-corrected chi connectivity index (χ2v) is 6.71. The maximum atomic E-state index is 12.5. The molecule has 1 N–H and O–H groups in total. The second-order valence-electron chi connectivity index (χ2n) is 6.31. The molecule has 0 spiro atoms. The maximum Gasteiger partial charge on any atom is 0.251 e. The summed E-state index contributed by atoms with van der Waals surface area (Å²) >= 11 is 6.42. The minimum atomic E-state index is -0.0237. The number of aryl methyl sites for hydroxylation is 1. The first kappa shape index (κ1) is 17.0. The predicted octanol–water partition coefficient (Wildman–Crippen LogP) is 4.22. The van der Waals surface area contributed by atoms with Crippen LogP contribution in [0.25, 0.3) is 0 Å². The van der Waals surface area contributed by atoms with Gasteiger partial charge in [-0.3, -0.25) is 9.69 Å². The SMILES string of the molecule is Cc1ccccc1C(=O)NC[C@@H](c1ccccc1Cl)N1CCCC1. The van der Waals surface area contributed by atoms with Gasteiger partial charge >= 0.3 is 0 Å². The summed E-state index contributed by atoms with van der Waals surface area (Å²) in [6.45, 7) is 4.63. The Balaban J connectivity index is 1.76. The van der Waals surface area contributed by atoms with Gasteiger partial charge in [0.05, 0.1) is 6.04 Å². The van der Waals surface area contributed by atoms with Gasteiger partial charge in [0.25, 0.3) is 5.91 Å². The Kier molecular flexibility index (Phi) is 5.54. The zero-order chi connectivity index (χ0) is 16.9. The maximum absolute atomic E-state index is 12.5. The van der Waals surface area contributed by atoms with Crippen LogP contribution in [-0.4, -0.2) is 30.4 Å². The Hall–Kier alpha value is -1.84. The quantitative estimate of drug-likeness (QED) is 0.882. The van der Waals surface area contributed by atoms with Crippen LogP contribution in [0.4, 0.5) is 0 Å². The molecule has 126 valence electrons. The van der Waals surface area contributed by atoms with Crippen molar-refractivity contribution in [2.45, 2.75) is 25.8 Å². The summed E-state index contributed by atoms with van der Waals surface area (Å²) in [6, 6.07) is 15.7. The number of halogens is 1. The molecule has 24 heavy (non-hydrogen) atoms. The highest BCUT2D eigenvalue weighted by molar-refractivity contribution is 6.31. The number of amides is 1. The average molecular weight is 343 g/mol. The number of benzene rings is 2. The van der Waals surface area contributed by atoms with Crippen LogP contribution in [0.5, 0.6) is 0 Å². The summed E-state index contributed by atoms with van der Waals surface area (Å²) in [7, 11) is 0. The van der Waals surface area contributed by atoms with E-state index in [0.717, 1.165) is 34.8 Å². The number of carbonyl (C=O) groups excluding carboxylic acids is 1. The van der Waals surface area contributed by atoms with Crippen molar-refractivity contribution >= 4 is 17.5 Å². The molecule has 0 aromatic heterocycles. The van der Waals surface area contributed by atoms with E-state index in [1.54, 1.807) is 0 Å². The van der Waals surface area contributed by atoms with Crippen molar-refractivity contribution in [1.29, 1.82) is 0 Å². The molecule has 0 unspecified atom stereocenters. The lowest BCUT2D eigenvalue weighted by molar-refractivity contribution is 0.0937. The lowest BCUT2D eigenvalue weighted by atomic mass is 10.0. The van der Waals surface area contributed by atoms with Gasteiger partial charge in [-0.25, -0.2) is 0 Å². The molecule has 1 heterocycles. The highest BCUT2D eigenvalue weighted by atomic mass is 35.5. The molecule has 4 heteroatoms. The van der Waals surface area contributed by atoms with Crippen LogP contribution in [0.2, 0.25) is 5.02 Å². The third-order valence-corrected chi connectivity index (χ3v) is 5.04. The van der Waals surface area contributed by atoms with E-state index < -0.39 is 0 Å². The van der Waals surface area contributed by atoms with Crippen LogP contribution in [0, 0.1) is 6.92 Å². The number of carbonyl (C=O) groups is 1. The normalized spacial score (nSPS) is 16.1. The van der Waals surface area contributed by atoms with Crippen molar-refractivity contribution in [1.82, 2.24) is 10.2 Å². The molecule has 0 radical (unpaired) electrons. The Labute approximate surface area is 148 Å². The minimum Gasteiger partial charge on any atom is -0.350 e. The lowest BCUT2D eigenvalue weighted by Crippen LogP contribution is -2.37. The molecule has 3 nitrogen and oxygen atoms in total. The largest absolute Gasteiger partial charge is 0.350 e. The molecular formula is C20H23ClN2O. The molecule has 1 saturated heterocycles. The topological polar surface area (TPSA) is 32.3 Å². The summed E-state index contributed by atoms with van der Waals surface area (Å²) in [5.74, 6) is -0.0237. The van der Waals surface area contributed by atoms with Crippen LogP contribution in [0.3, 0.4) is 0 Å². The monoisotopic (exact) mass is 342 g/mol. The van der Waals surface area contributed by atoms with Gasteiger partial charge in [0.2, 0.25) is 0 Å². The molecule has 1 aliphatic rings. The van der Waals surface area contributed by atoms with Crippen molar-refractivity contribution in [3.05, 3.63) is 70.2 Å². The highest BCUT2D eigenvalue weighted by Gasteiger charge is 2.25. The van der Waals surface area contributed by atoms with Gasteiger partial charge in [0, 0.05) is 17.1 Å². The number of likely N-dealkylation sites (tertiary alicyclic amines) is 1. The molecule has 1 aliphatic heterocycles. The van der Waals surface area contributed by atoms with Crippen LogP contribution < -0.4 is 5.32 Å². The van der Waals surface area contributed by atoms with E-state index in [0.29, 0.717) is 6.54 Å². The van der Waals surface area contributed by atoms with E-state index in [1.807, 2.05) is 49.4 Å². The molecule has 0 saturated carbocycles. The van der Waals surface area contributed by atoms with Crippen molar-refractivity contribution in [3.63, 3.8) is 0 Å². The zero-order valence-electron chi connectivity index (χ0n) is 14.0.